The lowest BCUT2D eigenvalue weighted by molar-refractivity contribution is -0.124. The molecule has 0 aliphatic heterocycles. The van der Waals surface area contributed by atoms with Gasteiger partial charge in [-0.1, -0.05) is 66.7 Å². The van der Waals surface area contributed by atoms with E-state index in [0.29, 0.717) is 16.6 Å². The summed E-state index contributed by atoms with van der Waals surface area (Å²) in [4.78, 5) is 21.5. The zero-order valence-corrected chi connectivity index (χ0v) is 21.0. The van der Waals surface area contributed by atoms with Crippen molar-refractivity contribution >= 4 is 47.5 Å². The summed E-state index contributed by atoms with van der Waals surface area (Å²) < 4.78 is 0. The molecule has 4 rings (SSSR count). The number of halogens is 3. The van der Waals surface area contributed by atoms with Gasteiger partial charge in [-0.3, -0.25) is 15.1 Å². The average molecular weight is 518 g/mol. The lowest BCUT2D eigenvalue weighted by Crippen LogP contribution is -2.41. The highest BCUT2D eigenvalue weighted by atomic mass is 35.5. The summed E-state index contributed by atoms with van der Waals surface area (Å²) in [5, 5.41) is 4.09. The van der Waals surface area contributed by atoms with Gasteiger partial charge >= 0.3 is 0 Å². The number of amides is 1. The Hall–Kier alpha value is -2.60. The van der Waals surface area contributed by atoms with Crippen molar-refractivity contribution in [3.8, 4) is 22.4 Å². The van der Waals surface area contributed by atoms with E-state index in [9.17, 15) is 4.79 Å². The number of rotatable bonds is 5. The Labute approximate surface area is 216 Å². The Balaban J connectivity index is 0.00000324. The number of carbonyl (C=O) groups excluding carboxylic acids is 1. The number of nitrogens with one attached hydrogen (secondary N) is 1. The molecule has 178 valence electrons. The molecule has 2 aromatic carbocycles. The zero-order chi connectivity index (χ0) is 23.2. The van der Waals surface area contributed by atoms with Gasteiger partial charge in [-0.15, -0.1) is 12.4 Å². The molecule has 0 unspecified atom stereocenters. The van der Waals surface area contributed by atoms with Gasteiger partial charge in [-0.05, 0) is 54.3 Å². The Morgan fingerprint density at radius 2 is 1.56 bits per heavy atom. The van der Waals surface area contributed by atoms with Crippen LogP contribution in [0.3, 0.4) is 0 Å². The predicted molar refractivity (Wildman–Crippen MR) is 142 cm³/mol. The molecule has 0 bridgehead atoms. The molecule has 1 saturated carbocycles. The van der Waals surface area contributed by atoms with Gasteiger partial charge in [0.05, 0.1) is 12.2 Å². The predicted octanol–water partition coefficient (Wildman–Crippen LogP) is 6.66. The van der Waals surface area contributed by atoms with Crippen LogP contribution >= 0.6 is 35.6 Å². The molecular formula is C26H27Cl3N4O. The van der Waals surface area contributed by atoms with Crippen LogP contribution < -0.4 is 11.1 Å². The van der Waals surface area contributed by atoms with Crippen LogP contribution in [0.15, 0.2) is 65.8 Å². The van der Waals surface area contributed by atoms with Crippen LogP contribution in [0.5, 0.6) is 0 Å². The Kier molecular flexibility index (Phi) is 9.34. The molecule has 1 fully saturated rings. The van der Waals surface area contributed by atoms with Crippen molar-refractivity contribution < 1.29 is 4.79 Å². The number of pyridine rings is 1. The number of nitrogens with two attached hydrogens (primary N) is 1. The molecule has 0 saturated heterocycles. The molecule has 0 atom stereocenters. The Morgan fingerprint density at radius 3 is 2.18 bits per heavy atom. The number of aromatic nitrogens is 1. The summed E-state index contributed by atoms with van der Waals surface area (Å²) in [6.07, 6.45) is 6.99. The fourth-order valence-corrected chi connectivity index (χ4v) is 4.34. The van der Waals surface area contributed by atoms with E-state index >= 15 is 0 Å². The van der Waals surface area contributed by atoms with E-state index in [1.54, 1.807) is 6.20 Å². The quantitative estimate of drug-likeness (QED) is 0.293. The molecule has 8 heteroatoms. The van der Waals surface area contributed by atoms with Crippen molar-refractivity contribution in [2.75, 3.05) is 0 Å². The number of guanidine groups is 1. The van der Waals surface area contributed by atoms with E-state index in [4.69, 9.17) is 33.9 Å². The Morgan fingerprint density at radius 1 is 0.971 bits per heavy atom. The molecule has 1 heterocycles. The van der Waals surface area contributed by atoms with E-state index < -0.39 is 0 Å². The van der Waals surface area contributed by atoms with Crippen LogP contribution in [0.1, 0.15) is 37.7 Å². The lowest BCUT2D eigenvalue weighted by atomic mass is 9.89. The van der Waals surface area contributed by atoms with Crippen molar-refractivity contribution in [3.05, 3.63) is 76.4 Å². The maximum atomic E-state index is 12.4. The fourth-order valence-electron chi connectivity index (χ4n) is 4.09. The van der Waals surface area contributed by atoms with Crippen molar-refractivity contribution in [1.82, 2.24) is 10.3 Å². The normalized spacial score (nSPS) is 14.4. The summed E-state index contributed by atoms with van der Waals surface area (Å²) in [5.41, 5.74) is 10.6. The van der Waals surface area contributed by atoms with Crippen molar-refractivity contribution in [1.29, 1.82) is 0 Å². The molecule has 1 aliphatic rings. The highest BCUT2D eigenvalue weighted by Crippen LogP contribution is 2.32. The summed E-state index contributed by atoms with van der Waals surface area (Å²) in [6.45, 7) is 0.311. The third kappa shape index (κ3) is 6.72. The van der Waals surface area contributed by atoms with E-state index in [1.165, 1.54) is 6.42 Å². The molecule has 0 radical (unpaired) electrons. The fraction of sp³-hybridized carbons (Fsp3) is 0.269. The largest absolute Gasteiger partial charge is 0.370 e. The van der Waals surface area contributed by atoms with Crippen LogP contribution in [0.2, 0.25) is 10.0 Å². The van der Waals surface area contributed by atoms with Gasteiger partial charge < -0.3 is 5.73 Å². The summed E-state index contributed by atoms with van der Waals surface area (Å²) in [7, 11) is 0. The maximum Gasteiger partial charge on any atom is 0.229 e. The molecule has 5 nitrogen and oxygen atoms in total. The lowest BCUT2D eigenvalue weighted by Gasteiger charge is -2.20. The van der Waals surface area contributed by atoms with Gasteiger partial charge in [0.1, 0.15) is 0 Å². The molecule has 0 spiro atoms. The standard InChI is InChI=1S/C26H26Cl2N4O.ClH/c27-21-10-6-18(7-11-21)23-14-17(15-30-24(23)19-8-12-22(28)13-9-19)16-31-26(29)32-25(33)20-4-2-1-3-5-20;/h6-15,20H,1-5,16H2,(H3,29,31,32,33);1H. The smallest absolute Gasteiger partial charge is 0.229 e. The molecule has 1 aromatic heterocycles. The zero-order valence-electron chi connectivity index (χ0n) is 18.6. The van der Waals surface area contributed by atoms with Crippen molar-refractivity contribution in [2.24, 2.45) is 16.6 Å². The van der Waals surface area contributed by atoms with Crippen molar-refractivity contribution in [3.63, 3.8) is 0 Å². The third-order valence-electron chi connectivity index (χ3n) is 5.88. The van der Waals surface area contributed by atoms with Crippen LogP contribution in [0.4, 0.5) is 0 Å². The highest BCUT2D eigenvalue weighted by Gasteiger charge is 2.21. The summed E-state index contributed by atoms with van der Waals surface area (Å²) in [6, 6.07) is 17.3. The minimum Gasteiger partial charge on any atom is -0.370 e. The second kappa shape index (κ2) is 12.2. The third-order valence-corrected chi connectivity index (χ3v) is 6.38. The number of hydrogen-bond donors (Lipinski definition) is 2. The van der Waals surface area contributed by atoms with Gasteiger partial charge in [-0.2, -0.15) is 0 Å². The molecule has 1 aliphatic carbocycles. The number of nitrogens with zero attached hydrogens (tertiary/aromatic N) is 2. The molecule has 1 amide bonds. The number of hydrogen-bond acceptors (Lipinski definition) is 3. The van der Waals surface area contributed by atoms with Gasteiger partial charge in [-0.25, -0.2) is 4.99 Å². The minimum absolute atomic E-state index is 0. The molecular weight excluding hydrogens is 491 g/mol. The first-order valence-corrected chi connectivity index (χ1v) is 11.9. The van der Waals surface area contributed by atoms with Crippen LogP contribution in [0.25, 0.3) is 22.4 Å². The first kappa shape index (κ1) is 26.0. The van der Waals surface area contributed by atoms with E-state index in [1.807, 2.05) is 54.6 Å². The first-order chi connectivity index (χ1) is 16.0. The number of aliphatic imine (C=N–C) groups is 1. The van der Waals surface area contributed by atoms with E-state index in [0.717, 1.165) is 53.6 Å². The van der Waals surface area contributed by atoms with Crippen LogP contribution in [-0.2, 0) is 11.3 Å². The minimum atomic E-state index is -0.0333. The van der Waals surface area contributed by atoms with Gasteiger partial charge in [0, 0.05) is 33.3 Å². The molecule has 3 N–H and O–H groups in total. The molecule has 3 aromatic rings. The average Bonchev–Trinajstić information content (AvgIpc) is 2.84. The maximum absolute atomic E-state index is 12.4. The molecule has 34 heavy (non-hydrogen) atoms. The number of carbonyl (C=O) groups is 1. The SMILES string of the molecule is Cl.NC(=NCc1cnc(-c2ccc(Cl)cc2)c(-c2ccc(Cl)cc2)c1)NC(=O)C1CCCCC1. The van der Waals surface area contributed by atoms with Gasteiger partial charge in [0.25, 0.3) is 0 Å². The number of benzene rings is 2. The topological polar surface area (TPSA) is 80.4 Å². The van der Waals surface area contributed by atoms with Gasteiger partial charge in [0.2, 0.25) is 5.91 Å². The van der Waals surface area contributed by atoms with Crippen molar-refractivity contribution in [2.45, 2.75) is 38.6 Å². The summed E-state index contributed by atoms with van der Waals surface area (Å²) >= 11 is 12.2. The van der Waals surface area contributed by atoms with E-state index in [-0.39, 0.29) is 30.2 Å². The van der Waals surface area contributed by atoms with Crippen LogP contribution in [0, 0.1) is 5.92 Å². The highest BCUT2D eigenvalue weighted by molar-refractivity contribution is 6.31. The monoisotopic (exact) mass is 516 g/mol. The first-order valence-electron chi connectivity index (χ1n) is 11.1. The van der Waals surface area contributed by atoms with Gasteiger partial charge in [0.15, 0.2) is 5.96 Å². The van der Waals surface area contributed by atoms with Crippen LogP contribution in [-0.4, -0.2) is 16.9 Å². The Bertz CT molecular complexity index is 1140. The second-order valence-corrected chi connectivity index (χ2v) is 9.15. The van der Waals surface area contributed by atoms with E-state index in [2.05, 4.69) is 10.3 Å². The second-order valence-electron chi connectivity index (χ2n) is 8.28. The summed E-state index contributed by atoms with van der Waals surface area (Å²) in [5.74, 6) is 0.138.